The molecule has 2 aromatic carbocycles. The van der Waals surface area contributed by atoms with Gasteiger partial charge in [0.1, 0.15) is 0 Å². The standard InChI is InChI=1S/C21H26N2O3S/c1-5-7-15(3)23-13-18-11-17(10-14(2)20(18)21(23)24)16-8-6-9-19(12-16)22-27(4,25)26/h6,8-13,15,22,24H,5,7H2,1-4H3. The van der Waals surface area contributed by atoms with Crippen LogP contribution in [-0.4, -0.2) is 24.3 Å². The predicted molar refractivity (Wildman–Crippen MR) is 112 cm³/mol. The van der Waals surface area contributed by atoms with E-state index < -0.39 is 10.0 Å². The number of sulfonamides is 1. The van der Waals surface area contributed by atoms with E-state index in [1.807, 2.05) is 48.0 Å². The molecule has 0 bridgehead atoms. The number of hydrogen-bond donors (Lipinski definition) is 2. The number of aromatic hydroxyl groups is 1. The Morgan fingerprint density at radius 2 is 1.93 bits per heavy atom. The van der Waals surface area contributed by atoms with Crippen molar-refractivity contribution in [3.63, 3.8) is 0 Å². The number of aryl methyl sites for hydroxylation is 1. The summed E-state index contributed by atoms with van der Waals surface area (Å²) in [6.07, 6.45) is 5.19. The molecule has 1 unspecified atom stereocenters. The fourth-order valence-corrected chi connectivity index (χ4v) is 4.15. The van der Waals surface area contributed by atoms with Gasteiger partial charge in [-0.25, -0.2) is 8.42 Å². The summed E-state index contributed by atoms with van der Waals surface area (Å²) < 4.78 is 27.4. The van der Waals surface area contributed by atoms with Crippen LogP contribution in [0.1, 0.15) is 38.3 Å². The van der Waals surface area contributed by atoms with Crippen LogP contribution < -0.4 is 4.72 Å². The van der Waals surface area contributed by atoms with Crippen molar-refractivity contribution in [3.8, 4) is 17.0 Å². The van der Waals surface area contributed by atoms with Crippen LogP contribution in [0.3, 0.4) is 0 Å². The van der Waals surface area contributed by atoms with Crippen molar-refractivity contribution < 1.29 is 13.5 Å². The summed E-state index contributed by atoms with van der Waals surface area (Å²) >= 11 is 0. The third-order valence-electron chi connectivity index (χ3n) is 4.79. The number of nitrogens with one attached hydrogen (secondary N) is 1. The second-order valence-electron chi connectivity index (χ2n) is 7.21. The molecule has 2 N–H and O–H groups in total. The average Bonchev–Trinajstić information content (AvgIpc) is 2.91. The van der Waals surface area contributed by atoms with E-state index in [0.717, 1.165) is 46.6 Å². The monoisotopic (exact) mass is 386 g/mol. The molecule has 0 spiro atoms. The van der Waals surface area contributed by atoms with Gasteiger partial charge in [-0.1, -0.05) is 31.5 Å². The quantitative estimate of drug-likeness (QED) is 0.622. The van der Waals surface area contributed by atoms with E-state index in [1.165, 1.54) is 0 Å². The first-order chi connectivity index (χ1) is 12.7. The lowest BCUT2D eigenvalue weighted by atomic mass is 9.99. The molecule has 1 aromatic heterocycles. The molecule has 1 atom stereocenters. The summed E-state index contributed by atoms with van der Waals surface area (Å²) in [5.41, 5.74) is 3.42. The number of hydrogen-bond acceptors (Lipinski definition) is 3. The summed E-state index contributed by atoms with van der Waals surface area (Å²) in [6.45, 7) is 6.23. The molecule has 3 aromatic rings. The Kier molecular flexibility index (Phi) is 5.20. The fourth-order valence-electron chi connectivity index (χ4n) is 3.60. The largest absolute Gasteiger partial charge is 0.494 e. The van der Waals surface area contributed by atoms with Crippen LogP contribution in [0.15, 0.2) is 42.6 Å². The average molecular weight is 387 g/mol. The van der Waals surface area contributed by atoms with Gasteiger partial charge in [0.25, 0.3) is 0 Å². The minimum absolute atomic E-state index is 0.229. The van der Waals surface area contributed by atoms with Gasteiger partial charge in [-0.05, 0) is 55.2 Å². The molecule has 0 fully saturated rings. The summed E-state index contributed by atoms with van der Waals surface area (Å²) in [4.78, 5) is 0. The number of anilines is 1. The molecule has 0 aliphatic rings. The molecule has 144 valence electrons. The van der Waals surface area contributed by atoms with Crippen molar-refractivity contribution >= 4 is 26.5 Å². The van der Waals surface area contributed by atoms with E-state index in [-0.39, 0.29) is 6.04 Å². The Labute approximate surface area is 160 Å². The van der Waals surface area contributed by atoms with Gasteiger partial charge in [0.15, 0.2) is 5.88 Å². The van der Waals surface area contributed by atoms with Gasteiger partial charge in [-0.15, -0.1) is 0 Å². The van der Waals surface area contributed by atoms with Crippen molar-refractivity contribution in [2.24, 2.45) is 0 Å². The van der Waals surface area contributed by atoms with Gasteiger partial charge in [-0.2, -0.15) is 0 Å². The molecule has 3 rings (SSSR count). The zero-order valence-corrected chi connectivity index (χ0v) is 17.0. The maximum atomic E-state index is 11.5. The lowest BCUT2D eigenvalue weighted by molar-refractivity contribution is 0.384. The van der Waals surface area contributed by atoms with Crippen molar-refractivity contribution in [3.05, 3.63) is 48.2 Å². The topological polar surface area (TPSA) is 71.3 Å². The molecule has 0 aliphatic carbocycles. The molecule has 6 heteroatoms. The Hall–Kier alpha value is -2.47. The van der Waals surface area contributed by atoms with E-state index >= 15 is 0 Å². The third-order valence-corrected chi connectivity index (χ3v) is 5.40. The van der Waals surface area contributed by atoms with Crippen molar-refractivity contribution in [2.45, 2.75) is 39.7 Å². The highest BCUT2D eigenvalue weighted by molar-refractivity contribution is 7.92. The number of rotatable bonds is 6. The first-order valence-electron chi connectivity index (χ1n) is 9.12. The maximum absolute atomic E-state index is 11.5. The van der Waals surface area contributed by atoms with Gasteiger partial charge < -0.3 is 9.67 Å². The lowest BCUT2D eigenvalue weighted by Gasteiger charge is -2.13. The number of fused-ring (bicyclic) bond motifs is 1. The van der Waals surface area contributed by atoms with E-state index in [1.54, 1.807) is 6.07 Å². The molecule has 5 nitrogen and oxygen atoms in total. The highest BCUT2D eigenvalue weighted by Gasteiger charge is 2.16. The van der Waals surface area contributed by atoms with E-state index in [4.69, 9.17) is 0 Å². The van der Waals surface area contributed by atoms with Gasteiger partial charge in [-0.3, -0.25) is 4.72 Å². The molecule has 0 radical (unpaired) electrons. The predicted octanol–water partition coefficient (Wildman–Crippen LogP) is 5.05. The first-order valence-corrected chi connectivity index (χ1v) is 11.0. The number of nitrogens with zero attached hydrogens (tertiary/aromatic N) is 1. The van der Waals surface area contributed by atoms with Crippen molar-refractivity contribution in [1.82, 2.24) is 4.57 Å². The minimum Gasteiger partial charge on any atom is -0.494 e. The van der Waals surface area contributed by atoms with Crippen LogP contribution in [0.4, 0.5) is 5.69 Å². The van der Waals surface area contributed by atoms with Gasteiger partial charge in [0.2, 0.25) is 10.0 Å². The highest BCUT2D eigenvalue weighted by atomic mass is 32.2. The second kappa shape index (κ2) is 7.27. The third kappa shape index (κ3) is 4.11. The Morgan fingerprint density at radius 3 is 2.59 bits per heavy atom. The lowest BCUT2D eigenvalue weighted by Crippen LogP contribution is -2.09. The summed E-state index contributed by atoms with van der Waals surface area (Å²) in [5, 5.41) is 12.5. The van der Waals surface area contributed by atoms with Crippen LogP contribution in [0.2, 0.25) is 0 Å². The van der Waals surface area contributed by atoms with Gasteiger partial charge in [0.05, 0.1) is 6.26 Å². The Morgan fingerprint density at radius 1 is 1.19 bits per heavy atom. The molecule has 0 saturated carbocycles. The summed E-state index contributed by atoms with van der Waals surface area (Å²) in [7, 11) is -3.32. The molecule has 27 heavy (non-hydrogen) atoms. The zero-order valence-electron chi connectivity index (χ0n) is 16.2. The summed E-state index contributed by atoms with van der Waals surface area (Å²) in [6, 6.07) is 11.6. The SMILES string of the molecule is CCCC(C)n1cc2cc(-c3cccc(NS(C)(=O)=O)c3)cc(C)c2c1O. The first kappa shape index (κ1) is 19.3. The van der Waals surface area contributed by atoms with Crippen LogP contribution in [0.5, 0.6) is 5.88 Å². The Bertz CT molecular complexity index is 1080. The van der Waals surface area contributed by atoms with Crippen LogP contribution in [0.25, 0.3) is 21.9 Å². The molecule has 1 heterocycles. The second-order valence-corrected chi connectivity index (χ2v) is 8.96. The molecular weight excluding hydrogens is 360 g/mol. The van der Waals surface area contributed by atoms with Crippen LogP contribution in [0, 0.1) is 6.92 Å². The van der Waals surface area contributed by atoms with Gasteiger partial charge >= 0.3 is 0 Å². The number of benzene rings is 2. The Balaban J connectivity index is 2.08. The summed E-state index contributed by atoms with van der Waals surface area (Å²) in [5.74, 6) is 0.308. The van der Waals surface area contributed by atoms with Crippen molar-refractivity contribution in [2.75, 3.05) is 11.0 Å². The molecule has 0 aliphatic heterocycles. The number of aromatic nitrogens is 1. The normalized spacial score (nSPS) is 13.0. The minimum atomic E-state index is -3.32. The highest BCUT2D eigenvalue weighted by Crippen LogP contribution is 2.37. The smallest absolute Gasteiger partial charge is 0.229 e. The zero-order chi connectivity index (χ0) is 19.8. The molecule has 0 saturated heterocycles. The van der Waals surface area contributed by atoms with Gasteiger partial charge in [0, 0.05) is 28.7 Å². The van der Waals surface area contributed by atoms with Crippen LogP contribution >= 0.6 is 0 Å². The van der Waals surface area contributed by atoms with Crippen LogP contribution in [-0.2, 0) is 10.0 Å². The van der Waals surface area contributed by atoms with E-state index in [2.05, 4.69) is 18.6 Å². The maximum Gasteiger partial charge on any atom is 0.229 e. The van der Waals surface area contributed by atoms with E-state index in [9.17, 15) is 13.5 Å². The van der Waals surface area contributed by atoms with E-state index in [0.29, 0.717) is 11.6 Å². The fraction of sp³-hybridized carbons (Fsp3) is 0.333. The van der Waals surface area contributed by atoms with Crippen molar-refractivity contribution in [1.29, 1.82) is 0 Å². The molecule has 0 amide bonds. The molecular formula is C21H26N2O3S.